The molecule has 0 aliphatic heterocycles. The molecule has 6 nitrogen and oxygen atoms in total. The van der Waals surface area contributed by atoms with Gasteiger partial charge in [-0.3, -0.25) is 9.78 Å². The monoisotopic (exact) mass is 477 g/mol. The number of methoxy groups -OCH3 is 2. The maximum Gasteiger partial charge on any atom is 0.244 e. The van der Waals surface area contributed by atoms with Crippen molar-refractivity contribution in [1.82, 2.24) is 14.9 Å². The predicted molar refractivity (Wildman–Crippen MR) is 144 cm³/mol. The van der Waals surface area contributed by atoms with E-state index in [4.69, 9.17) is 9.47 Å². The third-order valence-corrected chi connectivity index (χ3v) is 6.20. The minimum Gasteiger partial charge on any atom is -0.497 e. The lowest BCUT2D eigenvalue weighted by Gasteiger charge is -2.08. The van der Waals surface area contributed by atoms with E-state index in [0.717, 1.165) is 38.8 Å². The van der Waals surface area contributed by atoms with Crippen LogP contribution in [-0.4, -0.2) is 29.7 Å². The molecule has 0 radical (unpaired) electrons. The van der Waals surface area contributed by atoms with Gasteiger partial charge in [-0.1, -0.05) is 35.9 Å². The van der Waals surface area contributed by atoms with Gasteiger partial charge in [-0.2, -0.15) is 0 Å². The second kappa shape index (κ2) is 9.96. The van der Waals surface area contributed by atoms with Crippen molar-refractivity contribution in [2.45, 2.75) is 13.5 Å². The van der Waals surface area contributed by atoms with E-state index in [2.05, 4.69) is 64.3 Å². The summed E-state index contributed by atoms with van der Waals surface area (Å²) in [7, 11) is 3.20. The summed E-state index contributed by atoms with van der Waals surface area (Å²) in [6.07, 6.45) is 5.08. The Balaban J connectivity index is 1.39. The molecule has 5 aromatic rings. The smallest absolute Gasteiger partial charge is 0.244 e. The number of benzene rings is 3. The zero-order chi connectivity index (χ0) is 25.1. The van der Waals surface area contributed by atoms with Crippen molar-refractivity contribution in [3.63, 3.8) is 0 Å². The van der Waals surface area contributed by atoms with Gasteiger partial charge in [-0.25, -0.2) is 0 Å². The number of ether oxygens (including phenoxy) is 2. The molecule has 2 aromatic heterocycles. The lowest BCUT2D eigenvalue weighted by molar-refractivity contribution is -0.116. The van der Waals surface area contributed by atoms with Crippen LogP contribution >= 0.6 is 0 Å². The predicted octanol–water partition coefficient (Wildman–Crippen LogP) is 5.83. The largest absolute Gasteiger partial charge is 0.497 e. The molecule has 0 saturated heterocycles. The molecule has 1 N–H and O–H groups in total. The minimum absolute atomic E-state index is 0.219. The summed E-state index contributed by atoms with van der Waals surface area (Å²) < 4.78 is 12.9. The van der Waals surface area contributed by atoms with Gasteiger partial charge in [-0.15, -0.1) is 0 Å². The Bertz CT molecular complexity index is 1580. The molecule has 0 aliphatic rings. The number of para-hydroxylation sites is 1. The maximum absolute atomic E-state index is 12.5. The van der Waals surface area contributed by atoms with E-state index in [1.54, 1.807) is 20.3 Å². The van der Waals surface area contributed by atoms with Crippen LogP contribution in [0.1, 0.15) is 16.8 Å². The van der Waals surface area contributed by atoms with Crippen LogP contribution in [0.5, 0.6) is 11.5 Å². The van der Waals surface area contributed by atoms with Gasteiger partial charge in [0, 0.05) is 28.1 Å². The van der Waals surface area contributed by atoms with E-state index in [1.165, 1.54) is 11.6 Å². The number of amides is 1. The van der Waals surface area contributed by atoms with E-state index in [0.29, 0.717) is 18.0 Å². The molecule has 0 unspecified atom stereocenters. The first kappa shape index (κ1) is 23.2. The van der Waals surface area contributed by atoms with Crippen molar-refractivity contribution in [1.29, 1.82) is 0 Å². The third-order valence-electron chi connectivity index (χ3n) is 6.20. The molecule has 1 amide bonds. The summed E-state index contributed by atoms with van der Waals surface area (Å²) in [5, 5.41) is 5.17. The van der Waals surface area contributed by atoms with E-state index in [9.17, 15) is 4.79 Å². The number of carbonyl (C=O) groups is 1. The molecule has 0 aliphatic carbocycles. The molecule has 0 fully saturated rings. The van der Waals surface area contributed by atoms with Gasteiger partial charge in [0.25, 0.3) is 0 Å². The molecule has 5 rings (SSSR count). The highest BCUT2D eigenvalue weighted by Crippen LogP contribution is 2.32. The van der Waals surface area contributed by atoms with Crippen LogP contribution in [-0.2, 0) is 11.3 Å². The number of nitrogens with zero attached hydrogens (tertiary/aromatic N) is 2. The van der Waals surface area contributed by atoms with E-state index in [1.807, 2.05) is 36.5 Å². The lowest BCUT2D eigenvalue weighted by Crippen LogP contribution is -2.20. The Hall–Kier alpha value is -4.58. The van der Waals surface area contributed by atoms with Crippen LogP contribution in [0.25, 0.3) is 33.6 Å². The summed E-state index contributed by atoms with van der Waals surface area (Å²) in [6, 6.07) is 24.3. The first-order valence-electron chi connectivity index (χ1n) is 11.7. The Labute approximate surface area is 209 Å². The van der Waals surface area contributed by atoms with Gasteiger partial charge >= 0.3 is 0 Å². The summed E-state index contributed by atoms with van der Waals surface area (Å²) >= 11 is 0. The fourth-order valence-corrected chi connectivity index (χ4v) is 4.35. The summed E-state index contributed by atoms with van der Waals surface area (Å²) in [5.74, 6) is 1.14. The van der Waals surface area contributed by atoms with Crippen LogP contribution < -0.4 is 14.8 Å². The summed E-state index contributed by atoms with van der Waals surface area (Å²) in [6.45, 7) is 2.40. The molecular formula is C30H27N3O3. The fraction of sp³-hybridized carbons (Fsp3) is 0.133. The molecule has 0 bridgehead atoms. The molecule has 0 spiro atoms. The lowest BCUT2D eigenvalue weighted by atomic mass is 10.1. The Morgan fingerprint density at radius 1 is 0.944 bits per heavy atom. The average Bonchev–Trinajstić information content (AvgIpc) is 3.24. The molecule has 36 heavy (non-hydrogen) atoms. The van der Waals surface area contributed by atoms with Crippen molar-refractivity contribution in [2.75, 3.05) is 14.2 Å². The van der Waals surface area contributed by atoms with Crippen molar-refractivity contribution in [3.8, 4) is 17.2 Å². The first-order chi connectivity index (χ1) is 17.6. The van der Waals surface area contributed by atoms with E-state index < -0.39 is 0 Å². The summed E-state index contributed by atoms with van der Waals surface area (Å²) in [5.41, 5.74) is 6.00. The SMILES string of the molecule is COc1ccc(OC)c(/C=C/C(=O)NCc2cc3c4ccccc4n(-c4ccc(C)cc4)c3cn2)c1. The highest BCUT2D eigenvalue weighted by atomic mass is 16.5. The number of fused-ring (bicyclic) bond motifs is 3. The third kappa shape index (κ3) is 4.53. The minimum atomic E-state index is -0.219. The van der Waals surface area contributed by atoms with Crippen LogP contribution in [0.3, 0.4) is 0 Å². The first-order valence-corrected chi connectivity index (χ1v) is 11.7. The number of hydrogen-bond acceptors (Lipinski definition) is 4. The van der Waals surface area contributed by atoms with Crippen molar-refractivity contribution in [3.05, 3.63) is 102 Å². The second-order valence-electron chi connectivity index (χ2n) is 8.54. The molecule has 6 heteroatoms. The van der Waals surface area contributed by atoms with Gasteiger partial charge in [-0.05, 0) is 55.5 Å². The topological polar surface area (TPSA) is 65.4 Å². The van der Waals surface area contributed by atoms with Gasteiger partial charge in [0.2, 0.25) is 5.91 Å². The Kier molecular flexibility index (Phi) is 6.41. The number of pyridine rings is 1. The maximum atomic E-state index is 12.5. The standard InChI is InChI=1S/C30H27N3O3/c1-20-8-11-23(12-9-20)33-27-7-5-4-6-25(27)26-17-22(31-19-28(26)33)18-32-30(34)15-10-21-16-24(35-2)13-14-29(21)36-3/h4-17,19H,18H2,1-3H3,(H,32,34)/b15-10+. The number of aromatic nitrogens is 2. The molecule has 2 heterocycles. The van der Waals surface area contributed by atoms with Crippen molar-refractivity contribution >= 4 is 33.8 Å². The zero-order valence-electron chi connectivity index (χ0n) is 20.5. The van der Waals surface area contributed by atoms with Gasteiger partial charge < -0.3 is 19.4 Å². The van der Waals surface area contributed by atoms with Crippen molar-refractivity contribution in [2.24, 2.45) is 0 Å². The van der Waals surface area contributed by atoms with Crippen LogP contribution in [0.2, 0.25) is 0 Å². The van der Waals surface area contributed by atoms with E-state index >= 15 is 0 Å². The van der Waals surface area contributed by atoms with Crippen molar-refractivity contribution < 1.29 is 14.3 Å². The number of rotatable bonds is 7. The molecular weight excluding hydrogens is 450 g/mol. The molecule has 180 valence electrons. The Morgan fingerprint density at radius 2 is 1.75 bits per heavy atom. The summed E-state index contributed by atoms with van der Waals surface area (Å²) in [4.78, 5) is 17.2. The van der Waals surface area contributed by atoms with Crippen LogP contribution in [0, 0.1) is 6.92 Å². The molecule has 3 aromatic carbocycles. The number of aryl methyl sites for hydroxylation is 1. The molecule has 0 atom stereocenters. The zero-order valence-corrected chi connectivity index (χ0v) is 20.5. The fourth-order valence-electron chi connectivity index (χ4n) is 4.35. The normalized spacial score (nSPS) is 11.3. The number of carbonyl (C=O) groups excluding carboxylic acids is 1. The quantitative estimate of drug-likeness (QED) is 0.299. The Morgan fingerprint density at radius 3 is 2.53 bits per heavy atom. The highest BCUT2D eigenvalue weighted by Gasteiger charge is 2.13. The van der Waals surface area contributed by atoms with Gasteiger partial charge in [0.15, 0.2) is 0 Å². The van der Waals surface area contributed by atoms with E-state index in [-0.39, 0.29) is 5.91 Å². The average molecular weight is 478 g/mol. The van der Waals surface area contributed by atoms with Crippen LogP contribution in [0.15, 0.2) is 85.1 Å². The number of hydrogen-bond donors (Lipinski definition) is 1. The molecule has 0 saturated carbocycles. The van der Waals surface area contributed by atoms with Crippen LogP contribution in [0.4, 0.5) is 0 Å². The van der Waals surface area contributed by atoms with Gasteiger partial charge in [0.1, 0.15) is 11.5 Å². The highest BCUT2D eigenvalue weighted by molar-refractivity contribution is 6.09. The van der Waals surface area contributed by atoms with Gasteiger partial charge in [0.05, 0.1) is 43.7 Å². The second-order valence-corrected chi connectivity index (χ2v) is 8.54. The number of nitrogens with one attached hydrogen (secondary N) is 1.